The first kappa shape index (κ1) is 18.4. The summed E-state index contributed by atoms with van der Waals surface area (Å²) in [5.74, 6) is -0.802. The molecule has 0 saturated carbocycles. The van der Waals surface area contributed by atoms with Crippen LogP contribution in [-0.4, -0.2) is 22.2 Å². The van der Waals surface area contributed by atoms with E-state index in [4.69, 9.17) is 0 Å². The highest BCUT2D eigenvalue weighted by Crippen LogP contribution is 2.23. The number of aromatic nitrogens is 2. The quantitative estimate of drug-likeness (QED) is 0.735. The second kappa shape index (κ2) is 7.86. The van der Waals surface area contributed by atoms with Gasteiger partial charge >= 0.3 is 6.36 Å². The summed E-state index contributed by atoms with van der Waals surface area (Å²) in [6, 6.07) is 11.9. The number of halogens is 3. The van der Waals surface area contributed by atoms with Gasteiger partial charge in [-0.05, 0) is 48.0 Å². The van der Waals surface area contributed by atoms with Crippen molar-refractivity contribution in [1.82, 2.24) is 15.3 Å². The molecule has 138 valence electrons. The largest absolute Gasteiger partial charge is 0.573 e. The number of hydrogen-bond donors (Lipinski definition) is 1. The Balaban J connectivity index is 1.68. The Morgan fingerprint density at radius 2 is 1.70 bits per heavy atom. The minimum Gasteiger partial charge on any atom is -0.406 e. The molecule has 0 saturated heterocycles. The lowest BCUT2D eigenvalue weighted by atomic mass is 10.1. The molecule has 0 aliphatic rings. The van der Waals surface area contributed by atoms with Crippen LogP contribution in [0.25, 0.3) is 11.3 Å². The number of carbonyl (C=O) groups is 1. The van der Waals surface area contributed by atoms with Crippen LogP contribution in [-0.2, 0) is 6.54 Å². The van der Waals surface area contributed by atoms with E-state index in [9.17, 15) is 18.0 Å². The first-order chi connectivity index (χ1) is 12.9. The summed E-state index contributed by atoms with van der Waals surface area (Å²) in [5.41, 5.74) is 2.60. The molecule has 1 amide bonds. The fourth-order valence-corrected chi connectivity index (χ4v) is 2.44. The van der Waals surface area contributed by atoms with Crippen molar-refractivity contribution in [2.45, 2.75) is 12.9 Å². The van der Waals surface area contributed by atoms with Crippen molar-refractivity contribution >= 4 is 5.91 Å². The second-order valence-electron chi connectivity index (χ2n) is 5.50. The Kier molecular flexibility index (Phi) is 5.35. The van der Waals surface area contributed by atoms with Crippen LogP contribution in [0, 0.1) is 0 Å². The Labute approximate surface area is 152 Å². The van der Waals surface area contributed by atoms with Gasteiger partial charge in [-0.3, -0.25) is 14.8 Å². The van der Waals surface area contributed by atoms with Crippen molar-refractivity contribution in [3.8, 4) is 17.0 Å². The average molecular weight is 373 g/mol. The molecule has 0 atom stereocenters. The monoisotopic (exact) mass is 373 g/mol. The number of alkyl halides is 3. The summed E-state index contributed by atoms with van der Waals surface area (Å²) in [6.07, 6.45) is 0.182. The van der Waals surface area contributed by atoms with E-state index in [1.807, 2.05) is 18.2 Å². The number of nitrogens with one attached hydrogen (secondary N) is 1. The van der Waals surface area contributed by atoms with Crippen LogP contribution >= 0.6 is 0 Å². The van der Waals surface area contributed by atoms with E-state index < -0.39 is 12.3 Å². The number of pyridine rings is 2. The van der Waals surface area contributed by atoms with Gasteiger partial charge in [0.05, 0.1) is 5.69 Å². The molecule has 0 fully saturated rings. The normalized spacial score (nSPS) is 11.1. The summed E-state index contributed by atoms with van der Waals surface area (Å²) >= 11 is 0. The van der Waals surface area contributed by atoms with E-state index in [1.54, 1.807) is 24.7 Å². The standard InChI is InChI=1S/C19H14F3N3O2/c20-19(21,22)27-16-5-3-14(4-6-16)18(26)25-12-15-2-1-9-24-17(15)13-7-10-23-11-8-13/h1-11H,12H2,(H,25,26). The summed E-state index contributed by atoms with van der Waals surface area (Å²) in [4.78, 5) is 20.6. The van der Waals surface area contributed by atoms with Crippen LogP contribution in [0.2, 0.25) is 0 Å². The smallest absolute Gasteiger partial charge is 0.406 e. The van der Waals surface area contributed by atoms with Crippen LogP contribution in [0.3, 0.4) is 0 Å². The Morgan fingerprint density at radius 3 is 2.37 bits per heavy atom. The SMILES string of the molecule is O=C(NCc1cccnc1-c1ccncc1)c1ccc(OC(F)(F)F)cc1. The van der Waals surface area contributed by atoms with Gasteiger partial charge in [0, 0.05) is 36.3 Å². The van der Waals surface area contributed by atoms with Crippen molar-refractivity contribution in [2.75, 3.05) is 0 Å². The predicted octanol–water partition coefficient (Wildman–Crippen LogP) is 3.97. The number of amides is 1. The zero-order chi connectivity index (χ0) is 19.3. The molecule has 0 bridgehead atoms. The maximum atomic E-state index is 12.3. The summed E-state index contributed by atoms with van der Waals surface area (Å²) in [5, 5.41) is 2.74. The topological polar surface area (TPSA) is 64.1 Å². The van der Waals surface area contributed by atoms with Crippen molar-refractivity contribution in [1.29, 1.82) is 0 Å². The molecule has 8 heteroatoms. The van der Waals surface area contributed by atoms with Crippen molar-refractivity contribution in [3.63, 3.8) is 0 Å². The number of rotatable bonds is 5. The lowest BCUT2D eigenvalue weighted by Gasteiger charge is -2.11. The van der Waals surface area contributed by atoms with Crippen LogP contribution in [0.5, 0.6) is 5.75 Å². The Hall–Kier alpha value is -3.42. The van der Waals surface area contributed by atoms with Gasteiger partial charge in [-0.25, -0.2) is 0 Å². The van der Waals surface area contributed by atoms with Crippen molar-refractivity contribution in [2.24, 2.45) is 0 Å². The van der Waals surface area contributed by atoms with Crippen LogP contribution in [0.15, 0.2) is 67.1 Å². The number of benzene rings is 1. The molecule has 2 aromatic heterocycles. The highest BCUT2D eigenvalue weighted by molar-refractivity contribution is 5.94. The summed E-state index contributed by atoms with van der Waals surface area (Å²) in [6.45, 7) is 0.213. The predicted molar refractivity (Wildman–Crippen MR) is 91.8 cm³/mol. The third-order valence-corrected chi connectivity index (χ3v) is 3.63. The molecule has 1 N–H and O–H groups in total. The number of carbonyl (C=O) groups excluding carboxylic acids is 1. The van der Waals surface area contributed by atoms with Crippen LogP contribution in [0.4, 0.5) is 13.2 Å². The molecule has 2 heterocycles. The molecule has 0 unspecified atom stereocenters. The zero-order valence-corrected chi connectivity index (χ0v) is 13.9. The van der Waals surface area contributed by atoms with E-state index in [-0.39, 0.29) is 17.9 Å². The maximum absolute atomic E-state index is 12.3. The second-order valence-corrected chi connectivity index (χ2v) is 5.50. The summed E-state index contributed by atoms with van der Waals surface area (Å²) in [7, 11) is 0. The minimum atomic E-state index is -4.77. The molecule has 27 heavy (non-hydrogen) atoms. The molecule has 1 aromatic carbocycles. The molecular formula is C19H14F3N3O2. The van der Waals surface area contributed by atoms with E-state index in [0.717, 1.165) is 23.3 Å². The third kappa shape index (κ3) is 5.04. The zero-order valence-electron chi connectivity index (χ0n) is 13.9. The molecule has 0 aliphatic carbocycles. The highest BCUT2D eigenvalue weighted by Gasteiger charge is 2.31. The maximum Gasteiger partial charge on any atom is 0.573 e. The Morgan fingerprint density at radius 1 is 1.00 bits per heavy atom. The van der Waals surface area contributed by atoms with Gasteiger partial charge in [-0.2, -0.15) is 0 Å². The van der Waals surface area contributed by atoms with E-state index in [2.05, 4.69) is 20.0 Å². The van der Waals surface area contributed by atoms with Gasteiger partial charge in [0.25, 0.3) is 5.91 Å². The number of hydrogen-bond acceptors (Lipinski definition) is 4. The first-order valence-electron chi connectivity index (χ1n) is 7.91. The van der Waals surface area contributed by atoms with E-state index in [1.165, 1.54) is 12.1 Å². The molecule has 0 radical (unpaired) electrons. The molecule has 0 spiro atoms. The molecule has 3 rings (SSSR count). The molecule has 3 aromatic rings. The van der Waals surface area contributed by atoms with E-state index >= 15 is 0 Å². The fraction of sp³-hybridized carbons (Fsp3) is 0.105. The van der Waals surface area contributed by atoms with Gasteiger partial charge in [0.2, 0.25) is 0 Å². The van der Waals surface area contributed by atoms with Gasteiger partial charge in [-0.1, -0.05) is 6.07 Å². The van der Waals surface area contributed by atoms with Gasteiger partial charge in [0.15, 0.2) is 0 Å². The lowest BCUT2D eigenvalue weighted by Crippen LogP contribution is -2.23. The van der Waals surface area contributed by atoms with E-state index in [0.29, 0.717) is 5.69 Å². The minimum absolute atomic E-state index is 0.213. The van der Waals surface area contributed by atoms with Crippen LogP contribution in [0.1, 0.15) is 15.9 Å². The summed E-state index contributed by atoms with van der Waals surface area (Å²) < 4.78 is 40.3. The third-order valence-electron chi connectivity index (χ3n) is 3.63. The molecular weight excluding hydrogens is 359 g/mol. The van der Waals surface area contributed by atoms with Crippen molar-refractivity contribution in [3.05, 3.63) is 78.2 Å². The Bertz CT molecular complexity index is 913. The van der Waals surface area contributed by atoms with Crippen molar-refractivity contribution < 1.29 is 22.7 Å². The number of ether oxygens (including phenoxy) is 1. The molecule has 5 nitrogen and oxygen atoms in total. The fourth-order valence-electron chi connectivity index (χ4n) is 2.44. The lowest BCUT2D eigenvalue weighted by molar-refractivity contribution is -0.274. The first-order valence-corrected chi connectivity index (χ1v) is 7.91. The van der Waals surface area contributed by atoms with Gasteiger partial charge in [-0.15, -0.1) is 13.2 Å². The molecule has 0 aliphatic heterocycles. The number of nitrogens with zero attached hydrogens (tertiary/aromatic N) is 2. The van der Waals surface area contributed by atoms with Gasteiger partial charge < -0.3 is 10.1 Å². The average Bonchev–Trinajstić information content (AvgIpc) is 2.66. The van der Waals surface area contributed by atoms with Crippen LogP contribution < -0.4 is 10.1 Å². The van der Waals surface area contributed by atoms with Gasteiger partial charge in [0.1, 0.15) is 5.75 Å². The highest BCUT2D eigenvalue weighted by atomic mass is 19.4.